The van der Waals surface area contributed by atoms with Gasteiger partial charge in [0.05, 0.1) is 5.56 Å². The molecule has 0 spiro atoms. The molecule has 1 nitrogen and oxygen atoms in total. The summed E-state index contributed by atoms with van der Waals surface area (Å²) in [5.74, 6) is 2.78. The van der Waals surface area contributed by atoms with Crippen LogP contribution in [0, 0.1) is 11.5 Å². The summed E-state index contributed by atoms with van der Waals surface area (Å²) in [4.78, 5) is 3.30. The molecule has 0 saturated carbocycles. The van der Waals surface area contributed by atoms with Crippen LogP contribution in [0.5, 0.6) is 0 Å². The molecule has 1 aromatic rings. The first-order valence-electron chi connectivity index (χ1n) is 4.86. The Morgan fingerprint density at radius 3 is 2.24 bits per heavy atom. The maximum atomic E-state index is 12.3. The number of nitrogens with zero attached hydrogens (tertiary/aromatic N) is 1. The molecule has 0 bridgehead atoms. The number of alkyl halides is 3. The highest BCUT2D eigenvalue weighted by Crippen LogP contribution is 2.29. The molecule has 0 unspecified atom stereocenters. The molecule has 0 aromatic carbocycles. The molecule has 0 atom stereocenters. The lowest BCUT2D eigenvalue weighted by Gasteiger charge is -2.07. The minimum absolute atomic E-state index is 0.203. The SMILES string of the molecule is C[Si](C)(C)C#Cc1ccc(C(F)(F)F)nc1Cl. The van der Waals surface area contributed by atoms with Gasteiger partial charge in [0.1, 0.15) is 18.9 Å². The van der Waals surface area contributed by atoms with Gasteiger partial charge in [-0.2, -0.15) is 13.2 Å². The predicted molar refractivity (Wildman–Crippen MR) is 64.5 cm³/mol. The summed E-state index contributed by atoms with van der Waals surface area (Å²) in [6.45, 7) is 6.10. The van der Waals surface area contributed by atoms with E-state index in [1.165, 1.54) is 6.07 Å². The van der Waals surface area contributed by atoms with Crippen LogP contribution in [0.3, 0.4) is 0 Å². The van der Waals surface area contributed by atoms with Crippen molar-refractivity contribution in [1.82, 2.24) is 4.98 Å². The van der Waals surface area contributed by atoms with E-state index in [1.807, 2.05) is 19.6 Å². The Kier molecular flexibility index (Phi) is 3.90. The molecule has 1 heterocycles. The first-order chi connectivity index (χ1) is 7.59. The number of rotatable bonds is 0. The van der Waals surface area contributed by atoms with Gasteiger partial charge in [-0.15, -0.1) is 5.54 Å². The normalized spacial score (nSPS) is 11.9. The van der Waals surface area contributed by atoms with E-state index in [9.17, 15) is 13.2 Å². The third-order valence-electron chi connectivity index (χ3n) is 1.71. The topological polar surface area (TPSA) is 12.9 Å². The molecule has 0 aliphatic carbocycles. The number of pyridine rings is 1. The maximum absolute atomic E-state index is 12.3. The molecule has 6 heteroatoms. The molecule has 0 aliphatic rings. The molecule has 0 fully saturated rings. The highest BCUT2D eigenvalue weighted by molar-refractivity contribution is 6.83. The van der Waals surface area contributed by atoms with E-state index in [4.69, 9.17) is 11.6 Å². The van der Waals surface area contributed by atoms with Crippen molar-refractivity contribution in [1.29, 1.82) is 0 Å². The van der Waals surface area contributed by atoms with E-state index in [0.29, 0.717) is 5.56 Å². The van der Waals surface area contributed by atoms with Gasteiger partial charge in [-0.05, 0) is 12.1 Å². The summed E-state index contributed by atoms with van der Waals surface area (Å²) < 4.78 is 37.0. The second-order valence-corrected chi connectivity index (χ2v) is 9.64. The van der Waals surface area contributed by atoms with Crippen molar-refractivity contribution in [3.63, 3.8) is 0 Å². The first kappa shape index (κ1) is 14.1. The summed E-state index contributed by atoms with van der Waals surface area (Å²) in [6, 6.07) is 2.14. The summed E-state index contributed by atoms with van der Waals surface area (Å²) >= 11 is 5.67. The number of aromatic nitrogens is 1. The number of hydrogen-bond donors (Lipinski definition) is 0. The van der Waals surface area contributed by atoms with E-state index in [0.717, 1.165) is 6.07 Å². The molecule has 17 heavy (non-hydrogen) atoms. The number of hydrogen-bond acceptors (Lipinski definition) is 1. The van der Waals surface area contributed by atoms with Crippen molar-refractivity contribution >= 4 is 19.7 Å². The Morgan fingerprint density at radius 1 is 1.24 bits per heavy atom. The lowest BCUT2D eigenvalue weighted by Crippen LogP contribution is -2.16. The monoisotopic (exact) mass is 277 g/mol. The smallest absolute Gasteiger partial charge is 0.230 e. The molecule has 1 rings (SSSR count). The van der Waals surface area contributed by atoms with Crippen LogP contribution in [0.25, 0.3) is 0 Å². The zero-order chi connectivity index (χ0) is 13.3. The Labute approximate surface area is 104 Å². The van der Waals surface area contributed by atoms with Crippen molar-refractivity contribution in [3.8, 4) is 11.5 Å². The van der Waals surface area contributed by atoms with E-state index in [1.54, 1.807) is 0 Å². The highest BCUT2D eigenvalue weighted by atomic mass is 35.5. The zero-order valence-electron chi connectivity index (χ0n) is 9.61. The lowest BCUT2D eigenvalue weighted by molar-refractivity contribution is -0.141. The Bertz CT molecular complexity index is 480. The third kappa shape index (κ3) is 4.41. The van der Waals surface area contributed by atoms with Crippen LogP contribution in [0.15, 0.2) is 12.1 Å². The maximum Gasteiger partial charge on any atom is 0.433 e. The second-order valence-electron chi connectivity index (χ2n) is 4.53. The average Bonchev–Trinajstić information content (AvgIpc) is 2.12. The van der Waals surface area contributed by atoms with Crippen molar-refractivity contribution in [2.24, 2.45) is 0 Å². The zero-order valence-corrected chi connectivity index (χ0v) is 11.4. The van der Waals surface area contributed by atoms with E-state index in [-0.39, 0.29) is 5.15 Å². The van der Waals surface area contributed by atoms with Crippen LogP contribution in [0.4, 0.5) is 13.2 Å². The van der Waals surface area contributed by atoms with Crippen molar-refractivity contribution < 1.29 is 13.2 Å². The fourth-order valence-electron chi connectivity index (χ4n) is 0.940. The molecule has 92 valence electrons. The molecular weight excluding hydrogens is 267 g/mol. The standard InChI is InChI=1S/C11H11ClF3NSi/c1-17(2,3)7-6-8-4-5-9(11(13,14)15)16-10(8)12/h4-5H,1-3H3. The molecule has 1 aromatic heterocycles. The van der Waals surface area contributed by atoms with Crippen LogP contribution < -0.4 is 0 Å². The molecular formula is C11H11ClF3NSi. The Hall–Kier alpha value is -0.993. The molecule has 0 amide bonds. The van der Waals surface area contributed by atoms with Crippen molar-refractivity contribution in [3.05, 3.63) is 28.5 Å². The van der Waals surface area contributed by atoms with Gasteiger partial charge in [-0.25, -0.2) is 4.98 Å². The molecule has 0 aliphatic heterocycles. The first-order valence-corrected chi connectivity index (χ1v) is 8.74. The van der Waals surface area contributed by atoms with Crippen LogP contribution in [0.2, 0.25) is 24.8 Å². The second kappa shape index (κ2) is 4.71. The van der Waals surface area contributed by atoms with Crippen molar-refractivity contribution in [2.75, 3.05) is 0 Å². The molecule has 0 saturated heterocycles. The summed E-state index contributed by atoms with van der Waals surface area (Å²) in [6.07, 6.45) is -4.48. The predicted octanol–water partition coefficient (Wildman–Crippen LogP) is 3.98. The van der Waals surface area contributed by atoms with Gasteiger partial charge in [-0.1, -0.05) is 37.2 Å². The van der Waals surface area contributed by atoms with E-state index >= 15 is 0 Å². The Morgan fingerprint density at radius 2 is 1.82 bits per heavy atom. The summed E-state index contributed by atoms with van der Waals surface area (Å²) in [7, 11) is -1.58. The van der Waals surface area contributed by atoms with Crippen molar-refractivity contribution in [2.45, 2.75) is 25.8 Å². The van der Waals surface area contributed by atoms with Crippen LogP contribution in [0.1, 0.15) is 11.3 Å². The van der Waals surface area contributed by atoms with Crippen LogP contribution >= 0.6 is 11.6 Å². The molecule has 0 radical (unpaired) electrons. The highest BCUT2D eigenvalue weighted by Gasteiger charge is 2.32. The lowest BCUT2D eigenvalue weighted by atomic mass is 10.2. The van der Waals surface area contributed by atoms with Gasteiger partial charge in [-0.3, -0.25) is 0 Å². The Balaban J connectivity index is 3.10. The van der Waals surface area contributed by atoms with Gasteiger partial charge in [0.15, 0.2) is 0 Å². The minimum atomic E-state index is -4.48. The number of halogens is 4. The quantitative estimate of drug-likeness (QED) is 0.397. The van der Waals surface area contributed by atoms with Gasteiger partial charge in [0, 0.05) is 0 Å². The fraction of sp³-hybridized carbons (Fsp3) is 0.364. The largest absolute Gasteiger partial charge is 0.433 e. The van der Waals surface area contributed by atoms with Gasteiger partial charge < -0.3 is 0 Å². The fourth-order valence-corrected chi connectivity index (χ4v) is 1.65. The van der Waals surface area contributed by atoms with Gasteiger partial charge in [0.2, 0.25) is 0 Å². The minimum Gasteiger partial charge on any atom is -0.230 e. The molecule has 0 N–H and O–H groups in total. The third-order valence-corrected chi connectivity index (χ3v) is 2.87. The van der Waals surface area contributed by atoms with E-state index < -0.39 is 19.9 Å². The van der Waals surface area contributed by atoms with Crippen LogP contribution in [-0.4, -0.2) is 13.1 Å². The van der Waals surface area contributed by atoms with Gasteiger partial charge >= 0.3 is 6.18 Å². The average molecular weight is 278 g/mol. The van der Waals surface area contributed by atoms with Crippen LogP contribution in [-0.2, 0) is 6.18 Å². The summed E-state index contributed by atoms with van der Waals surface area (Å²) in [5.41, 5.74) is 2.36. The van der Waals surface area contributed by atoms with E-state index in [2.05, 4.69) is 16.4 Å². The van der Waals surface area contributed by atoms with Gasteiger partial charge in [0.25, 0.3) is 0 Å². The summed E-state index contributed by atoms with van der Waals surface area (Å²) in [5, 5.41) is -0.203.